The molecule has 7 aromatic carbocycles. The molecule has 0 saturated carbocycles. The third-order valence-electron chi connectivity index (χ3n) is 11.9. The zero-order chi connectivity index (χ0) is 67.6. The highest BCUT2D eigenvalue weighted by Crippen LogP contribution is 2.51. The lowest BCUT2D eigenvalue weighted by molar-refractivity contribution is -0.432. The fourth-order valence-electron chi connectivity index (χ4n) is 8.04. The summed E-state index contributed by atoms with van der Waals surface area (Å²) in [5.74, 6) is -3.71. The van der Waals surface area contributed by atoms with Gasteiger partial charge in [-0.05, 0) is 67.6 Å². The van der Waals surface area contributed by atoms with Crippen LogP contribution in [0.2, 0.25) is 0 Å². The lowest BCUT2D eigenvalue weighted by Gasteiger charge is -2.15. The number of nitrogen functional groups attached to an aromatic ring is 1. The second-order valence-corrected chi connectivity index (χ2v) is 25.2. The van der Waals surface area contributed by atoms with Gasteiger partial charge in [-0.3, -0.25) is 37.7 Å². The van der Waals surface area contributed by atoms with E-state index in [9.17, 15) is 99.9 Å². The van der Waals surface area contributed by atoms with Crippen molar-refractivity contribution in [2.24, 2.45) is 40.9 Å². The van der Waals surface area contributed by atoms with Crippen molar-refractivity contribution in [2.45, 2.75) is 36.3 Å². The van der Waals surface area contributed by atoms with Crippen LogP contribution in [0.3, 0.4) is 0 Å². The number of methoxy groups -OCH3 is 1. The molecule has 1 aromatic heterocycles. The topological polar surface area (TPSA) is 608 Å². The number of nitrogens with one attached hydrogen (secondary N) is 1. The van der Waals surface area contributed by atoms with Gasteiger partial charge in [-0.25, -0.2) is 15.2 Å². The van der Waals surface area contributed by atoms with E-state index in [1.54, 1.807) is 13.0 Å². The summed E-state index contributed by atoms with van der Waals surface area (Å²) in [5.41, 5.74) is -0.543. The van der Waals surface area contributed by atoms with Crippen molar-refractivity contribution in [1.29, 1.82) is 0 Å². The van der Waals surface area contributed by atoms with Crippen molar-refractivity contribution in [3.63, 3.8) is 0 Å². The maximum Gasteiger partial charge on any atom is 0.337 e. The Hall–Kier alpha value is -10.2. The Bertz CT molecular complexity index is 5240. The van der Waals surface area contributed by atoms with Crippen LogP contribution >= 0.6 is 12.0 Å². The molecule has 0 atom stereocenters. The number of aromatic nitrogens is 2. The van der Waals surface area contributed by atoms with Crippen LogP contribution in [-0.4, -0.2) is 120 Å². The van der Waals surface area contributed by atoms with Crippen LogP contribution in [0.4, 0.5) is 57.0 Å². The number of nitrogens with zero attached hydrogens (tertiary/aromatic N) is 11. The monoisotopic (exact) mass is 1380 g/mol. The van der Waals surface area contributed by atoms with E-state index in [4.69, 9.17) is 22.3 Å². The number of aromatic carboxylic acids is 1. The number of nitro benzene ring substituents is 1. The zero-order valence-electron chi connectivity index (χ0n) is 45.0. The molecule has 91 heavy (non-hydrogen) atoms. The molecule has 0 unspecified atom stereocenters. The lowest BCUT2D eigenvalue weighted by atomic mass is 10.0. The third-order valence-corrected chi connectivity index (χ3v) is 17.0. The number of azo groups is 4. The van der Waals surface area contributed by atoms with Gasteiger partial charge in [-0.1, -0.05) is 23.2 Å². The average Bonchev–Trinajstić information content (AvgIpc) is 1.32. The van der Waals surface area contributed by atoms with Gasteiger partial charge in [-0.15, -0.1) is 24.8 Å². The molecule has 0 saturated heterocycles. The van der Waals surface area contributed by atoms with Crippen LogP contribution in [-0.2, 0) is 60.0 Å². The summed E-state index contributed by atoms with van der Waals surface area (Å²) in [4.78, 5) is 31.9. The molecule has 0 amide bonds. The van der Waals surface area contributed by atoms with Crippen molar-refractivity contribution in [2.75, 3.05) is 19.9 Å². The number of H-pyrrole nitrogens is 1. The van der Waals surface area contributed by atoms with Crippen molar-refractivity contribution in [3.8, 4) is 22.9 Å². The lowest BCUT2D eigenvalue weighted by Crippen LogP contribution is -2.17. The number of fused-ring (bicyclic) bond motifs is 2. The molecule has 45 heteroatoms. The Morgan fingerprint density at radius 2 is 1.26 bits per heavy atom. The van der Waals surface area contributed by atoms with Crippen molar-refractivity contribution < 1.29 is 109 Å². The Balaban J connectivity index is 0.000000309. The molecule has 0 bridgehead atoms. The SMILES string of the molecule is CN=Nc1c(S(=O)(=O)O)cc2c(S(=O)(=O)O)c(N=Nc3cc(S(=O)(=O)O)c4cc(SOOO)c(N=Nc5ccc([N+](=O)[O-])cc5S(=O)(=O)O)c(O)c4c3N)ccc2c1O.[C-]#[N+]c1[nH]n(-c2ccc(OC)cc2S(=O)(=O)O)c(=O)c1N=Nc1ccc(C)cc1C(=O)O. The number of aromatic hydroxyl groups is 2. The highest BCUT2D eigenvalue weighted by Gasteiger charge is 2.31. The number of carbonyl (C=O) groups is 1. The van der Waals surface area contributed by atoms with E-state index in [1.807, 2.05) is 0 Å². The molecule has 8 rings (SSSR count). The first kappa shape index (κ1) is 68.3. The smallest absolute Gasteiger partial charge is 0.337 e. The summed E-state index contributed by atoms with van der Waals surface area (Å²) in [7, 11) is -23.7. The van der Waals surface area contributed by atoms with Gasteiger partial charge in [0.15, 0.2) is 17.2 Å². The zero-order valence-corrected chi connectivity index (χ0v) is 49.9. The summed E-state index contributed by atoms with van der Waals surface area (Å²) in [6.07, 6.45) is 0. The number of hydrogen-bond donors (Lipinski definition) is 11. The van der Waals surface area contributed by atoms with E-state index in [2.05, 4.69) is 60.2 Å². The largest absolute Gasteiger partial charge is 0.505 e. The molecular weight excluding hydrogens is 1340 g/mol. The number of hydrogen-bond acceptors (Lipinski definition) is 30. The van der Waals surface area contributed by atoms with Gasteiger partial charge >= 0.3 is 11.5 Å². The Morgan fingerprint density at radius 3 is 1.84 bits per heavy atom. The van der Waals surface area contributed by atoms with Gasteiger partial charge in [0.25, 0.3) is 62.1 Å². The minimum absolute atomic E-state index is 0.0109. The van der Waals surface area contributed by atoms with E-state index in [1.165, 1.54) is 31.4 Å². The number of phenols is 2. The van der Waals surface area contributed by atoms with Crippen LogP contribution in [0.15, 0.2) is 160 Å². The first-order chi connectivity index (χ1) is 42.4. The number of ether oxygens (including phenoxy) is 1. The summed E-state index contributed by atoms with van der Waals surface area (Å²) in [6.45, 7) is 8.97. The van der Waals surface area contributed by atoms with Crippen LogP contribution in [0.1, 0.15) is 15.9 Å². The molecule has 1 heterocycles. The Morgan fingerprint density at radius 1 is 0.670 bits per heavy atom. The molecule has 39 nitrogen and oxygen atoms in total. The molecule has 0 fully saturated rings. The van der Waals surface area contributed by atoms with Crippen LogP contribution in [0.5, 0.6) is 17.2 Å². The van der Waals surface area contributed by atoms with Crippen molar-refractivity contribution in [1.82, 2.24) is 9.78 Å². The van der Waals surface area contributed by atoms with Gasteiger partial charge in [0.2, 0.25) is 0 Å². The summed E-state index contributed by atoms with van der Waals surface area (Å²) in [5, 5.41) is 83.8. The summed E-state index contributed by atoms with van der Waals surface area (Å²) >= 11 is 0.0109. The number of phenolic OH excluding ortho intramolecular Hbond substituents is 2. The van der Waals surface area contributed by atoms with E-state index < -0.39 is 175 Å². The van der Waals surface area contributed by atoms with E-state index in [-0.39, 0.29) is 40.5 Å². The second-order valence-electron chi connectivity index (χ2n) is 17.5. The van der Waals surface area contributed by atoms with Gasteiger partial charge in [-0.2, -0.15) is 67.2 Å². The number of non-ortho nitro benzene ring substituents is 1. The van der Waals surface area contributed by atoms with Crippen LogP contribution < -0.4 is 16.0 Å². The number of nitrogens with two attached hydrogens (primary N) is 1. The fraction of sp³-hybridized carbons (Fsp3) is 0.0652. The molecular formula is C46H35N13O26S6. The molecule has 476 valence electrons. The maximum absolute atomic E-state index is 12.9. The van der Waals surface area contributed by atoms with E-state index in [0.717, 1.165) is 43.4 Å². The number of nitro groups is 1. The number of carboxylic acid groups (broad SMARTS) is 1. The predicted octanol–water partition coefficient (Wildman–Crippen LogP) is 9.25. The molecule has 8 aromatic rings. The minimum Gasteiger partial charge on any atom is -0.505 e. The molecule has 0 aliphatic heterocycles. The fourth-order valence-corrected chi connectivity index (χ4v) is 12.0. The predicted molar refractivity (Wildman–Crippen MR) is 309 cm³/mol. The number of anilines is 1. The number of benzene rings is 7. The summed E-state index contributed by atoms with van der Waals surface area (Å²) in [6, 6.07) is 13.5. The Labute approximate surface area is 511 Å². The van der Waals surface area contributed by atoms with Gasteiger partial charge in [0, 0.05) is 41.4 Å². The normalized spacial score (nSPS) is 12.5. The molecule has 0 radical (unpaired) electrons. The van der Waals surface area contributed by atoms with Crippen LogP contribution in [0.25, 0.3) is 32.1 Å². The van der Waals surface area contributed by atoms with Crippen molar-refractivity contribution in [3.05, 3.63) is 128 Å². The highest BCUT2D eigenvalue weighted by atomic mass is 32.2. The van der Waals surface area contributed by atoms with Gasteiger partial charge in [0.05, 0.1) is 45.6 Å². The molecule has 0 spiro atoms. The average molecular weight is 1380 g/mol. The number of rotatable bonds is 19. The Kier molecular flexibility index (Phi) is 19.6. The van der Waals surface area contributed by atoms with Crippen molar-refractivity contribution >= 4 is 147 Å². The van der Waals surface area contributed by atoms with E-state index in [0.29, 0.717) is 28.4 Å². The van der Waals surface area contributed by atoms with Gasteiger partial charge in [0.1, 0.15) is 70.0 Å². The maximum atomic E-state index is 12.9. The first-order valence-corrected chi connectivity index (χ1v) is 31.4. The second kappa shape index (κ2) is 26.1. The highest BCUT2D eigenvalue weighted by molar-refractivity contribution is 7.94. The quantitative estimate of drug-likeness (QED) is 0.00525. The standard InChI is InChI=1S/C27H20N8O19S5.C19H15N5O7S/c1-29-33-24-20(58(47,48)49)8-12-11(25(24)36)3-5-15(27(12)59(50,51)52)31-32-16-9-18(56(41,42)43)13-7-17(55-54-53-40)23(26(37)21(13)22(16)28)34-30-14-4-2-10(35(38)39)6-19(14)57(44,45)46;1-10-4-6-13(12(8-10)19(26)27)21-22-16-17(20-2)23-24(18(16)25)14-7-5-11(31-3)9-15(14)32(28,29)30/h2-9,36-37,40H,28H2,1H3,(H,41,42,43)(H,44,45,46)(H,47,48,49)(H,50,51,52);4-9,23H,1,3H3,(H,26,27)(H,28,29,30). The molecule has 12 N–H and O–H groups in total. The molecule has 0 aliphatic carbocycles. The minimum atomic E-state index is -5.47. The van der Waals surface area contributed by atoms with E-state index >= 15 is 0 Å². The number of aryl methyl sites for hydroxylation is 1. The molecule has 0 aliphatic rings. The summed E-state index contributed by atoms with van der Waals surface area (Å²) < 4.78 is 182. The van der Waals surface area contributed by atoms with Gasteiger partial charge < -0.3 is 30.6 Å². The number of aromatic amines is 1. The third kappa shape index (κ3) is 14.6. The first-order valence-electron chi connectivity index (χ1n) is 23.4. The number of carboxylic acids is 1. The van der Waals surface area contributed by atoms with Crippen LogP contribution in [0, 0.1) is 23.6 Å².